The fraction of sp³-hybridized carbons (Fsp3) is 0.571. The first-order valence-electron chi connectivity index (χ1n) is 6.38. The van der Waals surface area contributed by atoms with E-state index < -0.39 is 10.8 Å². The monoisotopic (exact) mass is 251 g/mol. The van der Waals surface area contributed by atoms with E-state index in [1.54, 1.807) is 0 Å². The molecule has 3 heteroatoms. The fourth-order valence-electron chi connectivity index (χ4n) is 2.22. The Kier molecular flexibility index (Phi) is 4.75. The lowest BCUT2D eigenvalue weighted by Gasteiger charge is -2.27. The minimum absolute atomic E-state index is 0.553. The number of hydrogen-bond donors (Lipinski definition) is 0. The predicted octanol–water partition coefficient (Wildman–Crippen LogP) is 2.24. The van der Waals surface area contributed by atoms with Crippen LogP contribution in [0.5, 0.6) is 0 Å². The van der Waals surface area contributed by atoms with Crippen LogP contribution < -0.4 is 0 Å². The summed E-state index contributed by atoms with van der Waals surface area (Å²) in [5, 5.41) is 0. The fourth-order valence-corrected chi connectivity index (χ4v) is 3.35. The molecule has 0 aromatic heterocycles. The van der Waals surface area contributed by atoms with Crippen LogP contribution in [0.4, 0.5) is 0 Å². The lowest BCUT2D eigenvalue weighted by atomic mass is 9.98. The topological polar surface area (TPSA) is 20.3 Å². The zero-order valence-electron chi connectivity index (χ0n) is 10.5. The van der Waals surface area contributed by atoms with E-state index in [1.165, 1.54) is 12.0 Å². The van der Waals surface area contributed by atoms with Gasteiger partial charge < -0.3 is 4.90 Å². The van der Waals surface area contributed by atoms with Crippen LogP contribution in [0.15, 0.2) is 30.3 Å². The van der Waals surface area contributed by atoms with Gasteiger partial charge >= 0.3 is 0 Å². The van der Waals surface area contributed by atoms with E-state index in [1.807, 2.05) is 0 Å². The average molecular weight is 251 g/mol. The zero-order valence-corrected chi connectivity index (χ0v) is 11.3. The molecule has 0 aliphatic carbocycles. The van der Waals surface area contributed by atoms with Gasteiger partial charge in [-0.1, -0.05) is 37.3 Å². The highest BCUT2D eigenvalue weighted by molar-refractivity contribution is 7.85. The number of hydrogen-bond acceptors (Lipinski definition) is 2. The zero-order chi connectivity index (χ0) is 12.1. The molecule has 94 valence electrons. The second-order valence-corrected chi connectivity index (χ2v) is 6.49. The van der Waals surface area contributed by atoms with Crippen molar-refractivity contribution >= 4 is 10.8 Å². The molecule has 2 nitrogen and oxygen atoms in total. The van der Waals surface area contributed by atoms with Gasteiger partial charge in [0.25, 0.3) is 0 Å². The molecular weight excluding hydrogens is 230 g/mol. The molecular formula is C14H21NOS. The molecule has 1 atom stereocenters. The molecule has 1 fully saturated rings. The summed E-state index contributed by atoms with van der Waals surface area (Å²) in [7, 11) is -0.553. The summed E-state index contributed by atoms with van der Waals surface area (Å²) in [6.07, 6.45) is 1.19. The maximum Gasteiger partial charge on any atom is 0.0363 e. The molecule has 0 saturated carbocycles. The Hall–Kier alpha value is -0.670. The van der Waals surface area contributed by atoms with Gasteiger partial charge in [-0.25, -0.2) is 0 Å². The third-order valence-corrected chi connectivity index (χ3v) is 4.79. The molecule has 1 aromatic carbocycles. The van der Waals surface area contributed by atoms with Crippen LogP contribution in [0.1, 0.15) is 24.8 Å². The van der Waals surface area contributed by atoms with Crippen molar-refractivity contribution in [1.29, 1.82) is 0 Å². The third kappa shape index (κ3) is 3.93. The molecule has 0 bridgehead atoms. The van der Waals surface area contributed by atoms with Crippen LogP contribution in [0.25, 0.3) is 0 Å². The quantitative estimate of drug-likeness (QED) is 0.818. The van der Waals surface area contributed by atoms with E-state index in [0.717, 1.165) is 31.1 Å². The van der Waals surface area contributed by atoms with Crippen LogP contribution in [-0.2, 0) is 10.8 Å². The van der Waals surface area contributed by atoms with Crippen LogP contribution in [0.2, 0.25) is 0 Å². The van der Waals surface area contributed by atoms with Gasteiger partial charge in [0.1, 0.15) is 0 Å². The molecule has 17 heavy (non-hydrogen) atoms. The lowest BCUT2D eigenvalue weighted by molar-refractivity contribution is 0.288. The van der Waals surface area contributed by atoms with Crippen molar-refractivity contribution in [2.45, 2.75) is 19.3 Å². The van der Waals surface area contributed by atoms with Crippen LogP contribution in [0, 0.1) is 0 Å². The van der Waals surface area contributed by atoms with Gasteiger partial charge in [0.15, 0.2) is 0 Å². The summed E-state index contributed by atoms with van der Waals surface area (Å²) in [5.74, 6) is 2.34. The maximum absolute atomic E-state index is 11.3. The Balaban J connectivity index is 1.77. The normalized spacial score (nSPS) is 20.3. The minimum atomic E-state index is -0.553. The highest BCUT2D eigenvalue weighted by Gasteiger charge is 2.15. The molecule has 0 amide bonds. The Morgan fingerprint density at radius 3 is 2.53 bits per heavy atom. The Morgan fingerprint density at radius 2 is 1.88 bits per heavy atom. The van der Waals surface area contributed by atoms with Gasteiger partial charge in [-0.15, -0.1) is 0 Å². The lowest BCUT2D eigenvalue weighted by Crippen LogP contribution is -2.38. The highest BCUT2D eigenvalue weighted by atomic mass is 32.2. The van der Waals surface area contributed by atoms with Crippen LogP contribution in [0.3, 0.4) is 0 Å². The molecule has 0 N–H and O–H groups in total. The maximum atomic E-state index is 11.3. The molecule has 0 radical (unpaired) electrons. The SMILES string of the molecule is C[C@@H](CCN1CCS(=O)CC1)c1ccccc1. The van der Waals surface area contributed by atoms with E-state index in [4.69, 9.17) is 0 Å². The summed E-state index contributed by atoms with van der Waals surface area (Å²) in [5.41, 5.74) is 1.42. The van der Waals surface area contributed by atoms with Crippen molar-refractivity contribution in [3.63, 3.8) is 0 Å². The molecule has 0 unspecified atom stereocenters. The average Bonchev–Trinajstić information content (AvgIpc) is 2.39. The third-order valence-electron chi connectivity index (χ3n) is 3.52. The Labute approximate surface area is 106 Å². The van der Waals surface area contributed by atoms with Crippen molar-refractivity contribution in [3.8, 4) is 0 Å². The van der Waals surface area contributed by atoms with Gasteiger partial charge in [-0.3, -0.25) is 4.21 Å². The summed E-state index contributed by atoms with van der Waals surface area (Å²) >= 11 is 0. The summed E-state index contributed by atoms with van der Waals surface area (Å²) < 4.78 is 11.3. The molecule has 1 aliphatic rings. The Morgan fingerprint density at radius 1 is 1.24 bits per heavy atom. The van der Waals surface area contributed by atoms with Crippen molar-refractivity contribution in [2.75, 3.05) is 31.1 Å². The van der Waals surface area contributed by atoms with E-state index in [0.29, 0.717) is 5.92 Å². The second kappa shape index (κ2) is 6.31. The van der Waals surface area contributed by atoms with E-state index in [2.05, 4.69) is 42.2 Å². The first-order valence-corrected chi connectivity index (χ1v) is 7.87. The van der Waals surface area contributed by atoms with E-state index in [-0.39, 0.29) is 0 Å². The summed E-state index contributed by atoms with van der Waals surface area (Å²) in [4.78, 5) is 2.45. The molecule has 2 rings (SSSR count). The standard InChI is InChI=1S/C14H21NOS/c1-13(14-5-3-2-4-6-14)7-8-15-9-11-17(16)12-10-15/h2-6,13H,7-12H2,1H3/t13-/m0/s1. The van der Waals surface area contributed by atoms with Crippen molar-refractivity contribution in [2.24, 2.45) is 0 Å². The summed E-state index contributed by atoms with van der Waals surface area (Å²) in [6.45, 7) is 5.44. The van der Waals surface area contributed by atoms with Gasteiger partial charge in [-0.2, -0.15) is 0 Å². The molecule has 1 saturated heterocycles. The molecule has 1 heterocycles. The van der Waals surface area contributed by atoms with E-state index in [9.17, 15) is 4.21 Å². The molecule has 0 spiro atoms. The largest absolute Gasteiger partial charge is 0.301 e. The molecule has 1 aliphatic heterocycles. The van der Waals surface area contributed by atoms with Gasteiger partial charge in [0, 0.05) is 35.4 Å². The smallest absolute Gasteiger partial charge is 0.0363 e. The van der Waals surface area contributed by atoms with Gasteiger partial charge in [0.05, 0.1) is 0 Å². The van der Waals surface area contributed by atoms with Crippen molar-refractivity contribution < 1.29 is 4.21 Å². The first-order chi connectivity index (χ1) is 8.25. The van der Waals surface area contributed by atoms with Crippen molar-refractivity contribution in [3.05, 3.63) is 35.9 Å². The summed E-state index contributed by atoms with van der Waals surface area (Å²) in [6, 6.07) is 10.7. The van der Waals surface area contributed by atoms with Crippen LogP contribution in [-0.4, -0.2) is 40.2 Å². The van der Waals surface area contributed by atoms with Gasteiger partial charge in [-0.05, 0) is 24.4 Å². The van der Waals surface area contributed by atoms with Crippen LogP contribution >= 0.6 is 0 Å². The Bertz CT molecular complexity index is 356. The highest BCUT2D eigenvalue weighted by Crippen LogP contribution is 2.19. The number of benzene rings is 1. The molecule has 1 aromatic rings. The number of nitrogens with zero attached hydrogens (tertiary/aromatic N) is 1. The van der Waals surface area contributed by atoms with Gasteiger partial charge in [0.2, 0.25) is 0 Å². The van der Waals surface area contributed by atoms with Crippen molar-refractivity contribution in [1.82, 2.24) is 4.90 Å². The number of rotatable bonds is 4. The minimum Gasteiger partial charge on any atom is -0.301 e. The second-order valence-electron chi connectivity index (χ2n) is 4.79. The first kappa shape index (κ1) is 12.8. The predicted molar refractivity (Wildman–Crippen MR) is 73.8 cm³/mol. The van der Waals surface area contributed by atoms with E-state index >= 15 is 0 Å².